The second-order valence-electron chi connectivity index (χ2n) is 4.60. The van der Waals surface area contributed by atoms with Crippen molar-refractivity contribution in [1.82, 2.24) is 19.8 Å². The summed E-state index contributed by atoms with van der Waals surface area (Å²) in [5.41, 5.74) is 0.531. The van der Waals surface area contributed by atoms with Crippen LogP contribution in [0.4, 0.5) is 0 Å². The van der Waals surface area contributed by atoms with E-state index in [9.17, 15) is 4.79 Å². The molecule has 0 spiro atoms. The van der Waals surface area contributed by atoms with Crippen LogP contribution < -0.4 is 5.32 Å². The molecule has 1 aromatic rings. The summed E-state index contributed by atoms with van der Waals surface area (Å²) in [5.74, 6) is 0.0285. The molecule has 16 heavy (non-hydrogen) atoms. The molecule has 0 saturated carbocycles. The average molecular weight is 222 g/mol. The summed E-state index contributed by atoms with van der Waals surface area (Å²) in [6.45, 7) is 5.68. The van der Waals surface area contributed by atoms with Gasteiger partial charge in [-0.3, -0.25) is 4.79 Å². The van der Waals surface area contributed by atoms with Crippen molar-refractivity contribution in [3.05, 3.63) is 18.2 Å². The number of piperazine rings is 1. The number of carbonyl (C=O) groups is 1. The van der Waals surface area contributed by atoms with E-state index in [1.165, 1.54) is 0 Å². The number of nitrogens with one attached hydrogen (secondary N) is 1. The number of aryl methyl sites for hydroxylation is 1. The molecule has 0 bridgehead atoms. The lowest BCUT2D eigenvalue weighted by molar-refractivity contribution is 0.0668. The van der Waals surface area contributed by atoms with Gasteiger partial charge in [-0.25, -0.2) is 4.98 Å². The highest BCUT2D eigenvalue weighted by atomic mass is 16.2. The molecule has 0 aromatic carbocycles. The van der Waals surface area contributed by atoms with Crippen LogP contribution in [0.1, 0.15) is 24.3 Å². The molecular formula is C11H18N4O. The van der Waals surface area contributed by atoms with Gasteiger partial charge >= 0.3 is 0 Å². The van der Waals surface area contributed by atoms with Gasteiger partial charge < -0.3 is 14.8 Å². The van der Waals surface area contributed by atoms with Crippen LogP contribution in [-0.4, -0.2) is 45.5 Å². The van der Waals surface area contributed by atoms with Crippen LogP contribution in [0.2, 0.25) is 0 Å². The third kappa shape index (κ3) is 2.24. The summed E-state index contributed by atoms with van der Waals surface area (Å²) >= 11 is 0. The molecule has 2 atom stereocenters. The fraction of sp³-hybridized carbons (Fsp3) is 0.636. The number of imidazole rings is 1. The van der Waals surface area contributed by atoms with Crippen molar-refractivity contribution < 1.29 is 4.79 Å². The lowest BCUT2D eigenvalue weighted by Crippen LogP contribution is -2.55. The van der Waals surface area contributed by atoms with Crippen LogP contribution in [0.25, 0.3) is 0 Å². The van der Waals surface area contributed by atoms with Crippen molar-refractivity contribution in [2.24, 2.45) is 7.05 Å². The van der Waals surface area contributed by atoms with E-state index in [2.05, 4.69) is 24.1 Å². The number of amides is 1. The Morgan fingerprint density at radius 3 is 2.56 bits per heavy atom. The predicted molar refractivity (Wildman–Crippen MR) is 61.2 cm³/mol. The lowest BCUT2D eigenvalue weighted by atomic mass is 10.1. The second kappa shape index (κ2) is 4.25. The van der Waals surface area contributed by atoms with E-state index in [4.69, 9.17) is 0 Å². The van der Waals surface area contributed by atoms with Gasteiger partial charge in [-0.15, -0.1) is 0 Å². The first-order valence-electron chi connectivity index (χ1n) is 5.59. The van der Waals surface area contributed by atoms with E-state index in [1.54, 1.807) is 17.1 Å². The van der Waals surface area contributed by atoms with E-state index < -0.39 is 0 Å². The number of rotatable bonds is 1. The summed E-state index contributed by atoms with van der Waals surface area (Å²) in [4.78, 5) is 18.1. The predicted octanol–water partition coefficient (Wildman–Crippen LogP) is 0.242. The number of carbonyl (C=O) groups excluding carboxylic acids is 1. The highest BCUT2D eigenvalue weighted by Crippen LogP contribution is 2.08. The summed E-state index contributed by atoms with van der Waals surface area (Å²) in [6, 6.07) is 0.688. The van der Waals surface area contributed by atoms with E-state index in [0.29, 0.717) is 17.8 Å². The molecule has 2 unspecified atom stereocenters. The minimum atomic E-state index is 0.0285. The second-order valence-corrected chi connectivity index (χ2v) is 4.60. The molecule has 2 heterocycles. The summed E-state index contributed by atoms with van der Waals surface area (Å²) in [7, 11) is 1.87. The normalized spacial score (nSPS) is 25.8. The summed E-state index contributed by atoms with van der Waals surface area (Å²) in [5, 5.41) is 3.40. The fourth-order valence-corrected chi connectivity index (χ4v) is 2.18. The Kier molecular flexibility index (Phi) is 2.96. The highest BCUT2D eigenvalue weighted by molar-refractivity contribution is 5.92. The first-order valence-corrected chi connectivity index (χ1v) is 5.59. The van der Waals surface area contributed by atoms with E-state index in [1.807, 2.05) is 11.9 Å². The van der Waals surface area contributed by atoms with Crippen molar-refractivity contribution in [2.45, 2.75) is 25.9 Å². The molecule has 5 heteroatoms. The minimum Gasteiger partial charge on any atom is -0.340 e. The van der Waals surface area contributed by atoms with Crippen LogP contribution in [0.5, 0.6) is 0 Å². The van der Waals surface area contributed by atoms with Gasteiger partial charge in [0.2, 0.25) is 0 Å². The molecule has 1 fully saturated rings. The maximum atomic E-state index is 12.1. The lowest BCUT2D eigenvalue weighted by Gasteiger charge is -2.35. The quantitative estimate of drug-likeness (QED) is 0.740. The van der Waals surface area contributed by atoms with Gasteiger partial charge in [0.05, 0.1) is 6.33 Å². The Morgan fingerprint density at radius 2 is 2.06 bits per heavy atom. The molecule has 2 rings (SSSR count). The molecule has 88 valence electrons. The van der Waals surface area contributed by atoms with Crippen LogP contribution in [0, 0.1) is 0 Å². The maximum absolute atomic E-state index is 12.1. The molecule has 1 aromatic heterocycles. The third-order valence-electron chi connectivity index (χ3n) is 2.77. The Morgan fingerprint density at radius 1 is 1.44 bits per heavy atom. The van der Waals surface area contributed by atoms with Crippen LogP contribution in [-0.2, 0) is 7.05 Å². The number of hydrogen-bond acceptors (Lipinski definition) is 3. The molecule has 5 nitrogen and oxygen atoms in total. The van der Waals surface area contributed by atoms with Gasteiger partial charge in [0.15, 0.2) is 0 Å². The number of nitrogens with zero attached hydrogens (tertiary/aromatic N) is 3. The highest BCUT2D eigenvalue weighted by Gasteiger charge is 2.26. The van der Waals surface area contributed by atoms with Gasteiger partial charge in [-0.2, -0.15) is 0 Å². The molecular weight excluding hydrogens is 204 g/mol. The van der Waals surface area contributed by atoms with Gasteiger partial charge in [0.25, 0.3) is 5.91 Å². The van der Waals surface area contributed by atoms with Gasteiger partial charge in [-0.05, 0) is 13.8 Å². The minimum absolute atomic E-state index is 0.0285. The monoisotopic (exact) mass is 222 g/mol. The zero-order valence-electron chi connectivity index (χ0n) is 9.97. The molecule has 0 aliphatic carbocycles. The first-order chi connectivity index (χ1) is 7.56. The topological polar surface area (TPSA) is 50.2 Å². The van der Waals surface area contributed by atoms with Crippen molar-refractivity contribution in [1.29, 1.82) is 0 Å². The maximum Gasteiger partial charge on any atom is 0.274 e. The first kappa shape index (κ1) is 11.1. The number of hydrogen-bond donors (Lipinski definition) is 1. The smallest absolute Gasteiger partial charge is 0.274 e. The standard InChI is InChI=1S/C11H18N4O/c1-8-4-15(5-9(2)13-8)11(16)10-6-14(3)7-12-10/h6-9,13H,4-5H2,1-3H3. The summed E-state index contributed by atoms with van der Waals surface area (Å²) < 4.78 is 1.79. The van der Waals surface area contributed by atoms with E-state index in [-0.39, 0.29) is 5.91 Å². The van der Waals surface area contributed by atoms with E-state index >= 15 is 0 Å². The fourth-order valence-electron chi connectivity index (χ4n) is 2.18. The zero-order chi connectivity index (χ0) is 11.7. The largest absolute Gasteiger partial charge is 0.340 e. The molecule has 1 aliphatic heterocycles. The molecule has 1 aliphatic rings. The van der Waals surface area contributed by atoms with Crippen LogP contribution in [0.3, 0.4) is 0 Å². The van der Waals surface area contributed by atoms with E-state index in [0.717, 1.165) is 13.1 Å². The Bertz CT molecular complexity index is 377. The Hall–Kier alpha value is -1.36. The van der Waals surface area contributed by atoms with Crippen LogP contribution in [0.15, 0.2) is 12.5 Å². The SMILES string of the molecule is CC1CN(C(=O)c2cn(C)cn2)CC(C)N1. The molecule has 0 radical (unpaired) electrons. The van der Waals surface area contributed by atoms with Crippen molar-refractivity contribution in [3.63, 3.8) is 0 Å². The van der Waals surface area contributed by atoms with Gasteiger partial charge in [0, 0.05) is 38.4 Å². The summed E-state index contributed by atoms with van der Waals surface area (Å²) in [6.07, 6.45) is 3.42. The van der Waals surface area contributed by atoms with Gasteiger partial charge in [-0.1, -0.05) is 0 Å². The van der Waals surface area contributed by atoms with Crippen molar-refractivity contribution in [2.75, 3.05) is 13.1 Å². The number of aromatic nitrogens is 2. The van der Waals surface area contributed by atoms with Crippen molar-refractivity contribution in [3.8, 4) is 0 Å². The van der Waals surface area contributed by atoms with Crippen molar-refractivity contribution >= 4 is 5.91 Å². The molecule has 1 amide bonds. The molecule has 1 saturated heterocycles. The van der Waals surface area contributed by atoms with Crippen LogP contribution >= 0.6 is 0 Å². The Labute approximate surface area is 95.5 Å². The molecule has 1 N–H and O–H groups in total. The zero-order valence-corrected chi connectivity index (χ0v) is 9.97. The third-order valence-corrected chi connectivity index (χ3v) is 2.77. The van der Waals surface area contributed by atoms with Gasteiger partial charge in [0.1, 0.15) is 5.69 Å². The Balaban J connectivity index is 2.09. The average Bonchev–Trinajstić information content (AvgIpc) is 2.62.